The van der Waals surface area contributed by atoms with Crippen LogP contribution in [-0.4, -0.2) is 27.2 Å². The first-order chi connectivity index (χ1) is 12.6. The van der Waals surface area contributed by atoms with Crippen LogP contribution in [0.4, 0.5) is 5.95 Å². The standard InChI is InChI=1S/C19H16N4O3/c1-2-26-16-9-11(7-8-15(16)24)17-12(10-20)18(25)22-19-21-13-5-3-4-6-14(13)23(17)19/h3-9,12,17,24H,2H2,1H3,(H,21,22,25). The average Bonchev–Trinajstić information content (AvgIpc) is 3.00. The number of amides is 1. The van der Waals surface area contributed by atoms with Crippen molar-refractivity contribution in [2.24, 2.45) is 5.92 Å². The van der Waals surface area contributed by atoms with Gasteiger partial charge in [0.1, 0.15) is 0 Å². The number of carbonyl (C=O) groups excluding carboxylic acids is 1. The second-order valence-corrected chi connectivity index (χ2v) is 6.00. The molecule has 26 heavy (non-hydrogen) atoms. The van der Waals surface area contributed by atoms with Crippen molar-refractivity contribution in [3.63, 3.8) is 0 Å². The third kappa shape index (κ3) is 2.35. The third-order valence-electron chi connectivity index (χ3n) is 4.47. The van der Waals surface area contributed by atoms with E-state index in [1.807, 2.05) is 35.8 Å². The monoisotopic (exact) mass is 348 g/mol. The Hall–Kier alpha value is -3.53. The van der Waals surface area contributed by atoms with Gasteiger partial charge >= 0.3 is 0 Å². The van der Waals surface area contributed by atoms with Gasteiger partial charge in [-0.2, -0.15) is 5.26 Å². The number of nitriles is 1. The molecule has 2 aromatic carbocycles. The Morgan fingerprint density at radius 3 is 2.92 bits per heavy atom. The van der Waals surface area contributed by atoms with Crippen molar-refractivity contribution in [2.45, 2.75) is 13.0 Å². The molecule has 0 aliphatic carbocycles. The van der Waals surface area contributed by atoms with E-state index >= 15 is 0 Å². The van der Waals surface area contributed by atoms with Crippen molar-refractivity contribution in [2.75, 3.05) is 11.9 Å². The van der Waals surface area contributed by atoms with E-state index in [0.717, 1.165) is 11.0 Å². The van der Waals surface area contributed by atoms with Crippen molar-refractivity contribution in [1.29, 1.82) is 5.26 Å². The summed E-state index contributed by atoms with van der Waals surface area (Å²) in [7, 11) is 0. The molecule has 4 rings (SSSR count). The summed E-state index contributed by atoms with van der Waals surface area (Å²) in [6.07, 6.45) is 0. The summed E-state index contributed by atoms with van der Waals surface area (Å²) in [5.41, 5.74) is 2.24. The fourth-order valence-electron chi connectivity index (χ4n) is 3.35. The molecule has 7 heteroatoms. The Kier molecular flexibility index (Phi) is 3.73. The fraction of sp³-hybridized carbons (Fsp3) is 0.211. The van der Waals surface area contributed by atoms with Crippen molar-refractivity contribution >= 4 is 22.9 Å². The van der Waals surface area contributed by atoms with Crippen molar-refractivity contribution in [3.05, 3.63) is 48.0 Å². The Balaban J connectivity index is 1.96. The molecule has 2 heterocycles. The number of nitrogens with zero attached hydrogens (tertiary/aromatic N) is 3. The predicted octanol–water partition coefficient (Wildman–Crippen LogP) is 2.82. The number of rotatable bonds is 3. The van der Waals surface area contributed by atoms with Crippen LogP contribution in [0.3, 0.4) is 0 Å². The number of imidazole rings is 1. The minimum atomic E-state index is -0.931. The maximum Gasteiger partial charge on any atom is 0.246 e. The lowest BCUT2D eigenvalue weighted by Gasteiger charge is -2.30. The number of para-hydroxylation sites is 2. The van der Waals surface area contributed by atoms with Crippen molar-refractivity contribution in [1.82, 2.24) is 9.55 Å². The highest BCUT2D eigenvalue weighted by Crippen LogP contribution is 2.40. The zero-order valence-corrected chi connectivity index (χ0v) is 14.0. The third-order valence-corrected chi connectivity index (χ3v) is 4.47. The van der Waals surface area contributed by atoms with Gasteiger partial charge in [0.05, 0.1) is 29.8 Å². The van der Waals surface area contributed by atoms with Gasteiger partial charge in [0.15, 0.2) is 17.4 Å². The second kappa shape index (κ2) is 6.08. The minimum absolute atomic E-state index is 0.0140. The van der Waals surface area contributed by atoms with Crippen LogP contribution in [0, 0.1) is 17.2 Å². The summed E-state index contributed by atoms with van der Waals surface area (Å²) in [5, 5.41) is 22.3. The largest absolute Gasteiger partial charge is 0.504 e. The Morgan fingerprint density at radius 1 is 1.35 bits per heavy atom. The summed E-state index contributed by atoms with van der Waals surface area (Å²) in [4.78, 5) is 16.9. The van der Waals surface area contributed by atoms with E-state index in [0.29, 0.717) is 23.9 Å². The molecule has 0 fully saturated rings. The summed E-state index contributed by atoms with van der Waals surface area (Å²) in [6.45, 7) is 2.21. The van der Waals surface area contributed by atoms with Gasteiger partial charge < -0.3 is 14.4 Å². The van der Waals surface area contributed by atoms with Gasteiger partial charge in [-0.15, -0.1) is 0 Å². The van der Waals surface area contributed by atoms with E-state index in [1.165, 1.54) is 6.07 Å². The van der Waals surface area contributed by atoms with Crippen LogP contribution < -0.4 is 10.1 Å². The highest BCUT2D eigenvalue weighted by molar-refractivity contribution is 5.97. The van der Waals surface area contributed by atoms with E-state index in [-0.39, 0.29) is 5.75 Å². The van der Waals surface area contributed by atoms with Gasteiger partial charge in [0, 0.05) is 0 Å². The molecule has 130 valence electrons. The SMILES string of the molecule is CCOc1cc(C2C(C#N)C(=O)Nc3nc4ccccc4n32)ccc1O. The van der Waals surface area contributed by atoms with Crippen LogP contribution in [0.25, 0.3) is 11.0 Å². The molecule has 0 spiro atoms. The van der Waals surface area contributed by atoms with Crippen LogP contribution in [0.5, 0.6) is 11.5 Å². The molecular formula is C19H16N4O3. The molecule has 0 saturated carbocycles. The lowest BCUT2D eigenvalue weighted by Crippen LogP contribution is -2.37. The predicted molar refractivity (Wildman–Crippen MR) is 94.9 cm³/mol. The van der Waals surface area contributed by atoms with Gasteiger partial charge in [0.2, 0.25) is 11.9 Å². The maximum absolute atomic E-state index is 12.5. The van der Waals surface area contributed by atoms with Crippen molar-refractivity contribution in [3.8, 4) is 17.6 Å². The quantitative estimate of drug-likeness (QED) is 0.758. The highest BCUT2D eigenvalue weighted by atomic mass is 16.5. The van der Waals surface area contributed by atoms with Gasteiger partial charge in [-0.25, -0.2) is 4.98 Å². The number of nitrogens with one attached hydrogen (secondary N) is 1. The first-order valence-corrected chi connectivity index (χ1v) is 8.27. The Labute approximate surface area is 149 Å². The average molecular weight is 348 g/mol. The van der Waals surface area contributed by atoms with Gasteiger partial charge in [-0.05, 0) is 36.8 Å². The number of benzene rings is 2. The number of hydrogen-bond donors (Lipinski definition) is 2. The van der Waals surface area contributed by atoms with Crippen LogP contribution in [0.1, 0.15) is 18.5 Å². The molecule has 1 aliphatic heterocycles. The van der Waals surface area contributed by atoms with Crippen molar-refractivity contribution < 1.29 is 14.6 Å². The van der Waals surface area contributed by atoms with E-state index < -0.39 is 17.9 Å². The molecule has 0 radical (unpaired) electrons. The zero-order chi connectivity index (χ0) is 18.3. The fourth-order valence-corrected chi connectivity index (χ4v) is 3.35. The Morgan fingerprint density at radius 2 is 2.15 bits per heavy atom. The lowest BCUT2D eigenvalue weighted by molar-refractivity contribution is -0.119. The minimum Gasteiger partial charge on any atom is -0.504 e. The number of carbonyl (C=O) groups is 1. The normalized spacial score (nSPS) is 18.8. The number of aromatic hydroxyl groups is 1. The van der Waals surface area contributed by atoms with E-state index in [4.69, 9.17) is 4.74 Å². The second-order valence-electron chi connectivity index (χ2n) is 6.00. The molecule has 7 nitrogen and oxygen atoms in total. The smallest absolute Gasteiger partial charge is 0.246 e. The lowest BCUT2D eigenvalue weighted by atomic mass is 9.91. The molecule has 0 saturated heterocycles. The van der Waals surface area contributed by atoms with Gasteiger partial charge in [-0.1, -0.05) is 18.2 Å². The molecule has 1 amide bonds. The molecule has 3 aromatic rings. The topological polar surface area (TPSA) is 100 Å². The summed E-state index contributed by atoms with van der Waals surface area (Å²) >= 11 is 0. The van der Waals surface area contributed by atoms with Crippen LogP contribution in [0.15, 0.2) is 42.5 Å². The maximum atomic E-state index is 12.5. The van der Waals surface area contributed by atoms with E-state index in [2.05, 4.69) is 16.4 Å². The zero-order valence-electron chi connectivity index (χ0n) is 14.0. The number of aromatic nitrogens is 2. The van der Waals surface area contributed by atoms with Gasteiger partial charge in [-0.3, -0.25) is 10.1 Å². The van der Waals surface area contributed by atoms with Crippen LogP contribution in [0.2, 0.25) is 0 Å². The molecule has 1 aliphatic rings. The van der Waals surface area contributed by atoms with Crippen LogP contribution in [-0.2, 0) is 4.79 Å². The molecular weight excluding hydrogens is 332 g/mol. The number of anilines is 1. The van der Waals surface area contributed by atoms with E-state index in [1.54, 1.807) is 12.1 Å². The molecule has 2 N–H and O–H groups in total. The molecule has 2 atom stereocenters. The highest BCUT2D eigenvalue weighted by Gasteiger charge is 2.39. The van der Waals surface area contributed by atoms with E-state index in [9.17, 15) is 15.2 Å². The van der Waals surface area contributed by atoms with Crippen LogP contribution >= 0.6 is 0 Å². The summed E-state index contributed by atoms with van der Waals surface area (Å²) in [6, 6.07) is 13.9. The number of phenolic OH excluding ortho intramolecular Hbond substituents is 1. The summed E-state index contributed by atoms with van der Waals surface area (Å²) < 4.78 is 7.32. The molecule has 0 bridgehead atoms. The molecule has 1 aromatic heterocycles. The number of phenols is 1. The first-order valence-electron chi connectivity index (χ1n) is 8.27. The molecule has 2 unspecified atom stereocenters. The first kappa shape index (κ1) is 16.0. The Bertz CT molecular complexity index is 1050. The number of hydrogen-bond acceptors (Lipinski definition) is 5. The summed E-state index contributed by atoms with van der Waals surface area (Å²) in [5.74, 6) is -0.595. The number of ether oxygens (including phenoxy) is 1. The van der Waals surface area contributed by atoms with Gasteiger partial charge in [0.25, 0.3) is 0 Å². The number of fused-ring (bicyclic) bond motifs is 3.